The Kier molecular flexibility index (Phi) is 8.21. The molecule has 0 bridgehead atoms. The third-order valence-corrected chi connectivity index (χ3v) is 3.38. The monoisotopic (exact) mass is 382 g/mol. The number of carbonyl (C=O) groups is 1. The Morgan fingerprint density at radius 2 is 2.10 bits per heavy atom. The molecule has 1 aromatic carbocycles. The second kappa shape index (κ2) is 8.56. The molecule has 0 radical (unpaired) electrons. The number of halogens is 3. The molecule has 0 unspecified atom stereocenters. The van der Waals surface area contributed by atoms with Crippen LogP contribution in [0.15, 0.2) is 22.7 Å². The van der Waals surface area contributed by atoms with E-state index in [0.717, 1.165) is 0 Å². The minimum atomic E-state index is -0.503. The SMILES string of the molecule is CN(CC(C)(C)CN)C(=O)COc1ccc(Br)cc1F.Cl. The van der Waals surface area contributed by atoms with Crippen molar-refractivity contribution in [2.24, 2.45) is 11.1 Å². The molecule has 0 aliphatic rings. The maximum absolute atomic E-state index is 13.5. The van der Waals surface area contributed by atoms with Crippen molar-refractivity contribution in [1.29, 1.82) is 0 Å². The predicted octanol–water partition coefficient (Wildman–Crippen LogP) is 2.83. The predicted molar refractivity (Wildman–Crippen MR) is 87.3 cm³/mol. The number of hydrogen-bond donors (Lipinski definition) is 1. The van der Waals surface area contributed by atoms with Gasteiger partial charge >= 0.3 is 0 Å². The lowest BCUT2D eigenvalue weighted by Gasteiger charge is -2.29. The first kappa shape index (κ1) is 20.1. The van der Waals surface area contributed by atoms with Gasteiger partial charge in [-0.3, -0.25) is 4.79 Å². The van der Waals surface area contributed by atoms with Gasteiger partial charge in [0.1, 0.15) is 0 Å². The van der Waals surface area contributed by atoms with E-state index in [9.17, 15) is 9.18 Å². The van der Waals surface area contributed by atoms with Gasteiger partial charge < -0.3 is 15.4 Å². The van der Waals surface area contributed by atoms with Crippen molar-refractivity contribution in [3.63, 3.8) is 0 Å². The van der Waals surface area contributed by atoms with Gasteiger partial charge in [-0.05, 0) is 30.2 Å². The summed E-state index contributed by atoms with van der Waals surface area (Å²) in [5.41, 5.74) is 5.47. The fraction of sp³-hybridized carbons (Fsp3) is 0.500. The van der Waals surface area contributed by atoms with Gasteiger partial charge in [-0.1, -0.05) is 29.8 Å². The van der Waals surface area contributed by atoms with Gasteiger partial charge in [-0.2, -0.15) is 0 Å². The summed E-state index contributed by atoms with van der Waals surface area (Å²) >= 11 is 3.16. The third kappa shape index (κ3) is 6.63. The van der Waals surface area contributed by atoms with Crippen molar-refractivity contribution in [2.75, 3.05) is 26.7 Å². The van der Waals surface area contributed by atoms with Crippen LogP contribution in [0.1, 0.15) is 13.8 Å². The number of nitrogens with two attached hydrogens (primary N) is 1. The largest absolute Gasteiger partial charge is 0.481 e. The lowest BCUT2D eigenvalue weighted by Crippen LogP contribution is -2.41. The second-order valence-electron chi connectivity index (χ2n) is 5.48. The van der Waals surface area contributed by atoms with E-state index in [1.807, 2.05) is 13.8 Å². The minimum Gasteiger partial charge on any atom is -0.481 e. The summed E-state index contributed by atoms with van der Waals surface area (Å²) < 4.78 is 19.4. The van der Waals surface area contributed by atoms with Crippen molar-refractivity contribution in [2.45, 2.75) is 13.8 Å². The molecule has 0 heterocycles. The second-order valence-corrected chi connectivity index (χ2v) is 6.40. The summed E-state index contributed by atoms with van der Waals surface area (Å²) in [6, 6.07) is 4.43. The zero-order valence-corrected chi connectivity index (χ0v) is 14.8. The van der Waals surface area contributed by atoms with Crippen LogP contribution in [0, 0.1) is 11.2 Å². The van der Waals surface area contributed by atoms with Crippen LogP contribution in [-0.2, 0) is 4.79 Å². The summed E-state index contributed by atoms with van der Waals surface area (Å²) in [4.78, 5) is 13.5. The van der Waals surface area contributed by atoms with Gasteiger partial charge in [0.15, 0.2) is 18.2 Å². The molecule has 0 aromatic heterocycles. The molecular weight excluding hydrogens is 363 g/mol. The van der Waals surface area contributed by atoms with E-state index < -0.39 is 5.82 Å². The molecular formula is C14H21BrClFN2O2. The molecule has 1 rings (SSSR count). The molecule has 0 atom stereocenters. The van der Waals surface area contributed by atoms with E-state index in [2.05, 4.69) is 15.9 Å². The fourth-order valence-electron chi connectivity index (χ4n) is 1.64. The number of likely N-dealkylation sites (N-methyl/N-ethyl adjacent to an activating group) is 1. The van der Waals surface area contributed by atoms with E-state index in [4.69, 9.17) is 10.5 Å². The number of hydrogen-bond acceptors (Lipinski definition) is 3. The van der Waals surface area contributed by atoms with E-state index in [1.54, 1.807) is 18.0 Å². The highest BCUT2D eigenvalue weighted by molar-refractivity contribution is 9.10. The summed E-state index contributed by atoms with van der Waals surface area (Å²) in [5, 5.41) is 0. The molecule has 0 fully saturated rings. The smallest absolute Gasteiger partial charge is 0.260 e. The van der Waals surface area contributed by atoms with Gasteiger partial charge in [0.05, 0.1) is 0 Å². The Hall–Kier alpha value is -0.850. The zero-order chi connectivity index (χ0) is 15.3. The number of benzene rings is 1. The number of amides is 1. The average molecular weight is 384 g/mol. The molecule has 2 N–H and O–H groups in total. The normalized spacial score (nSPS) is 10.8. The number of ether oxygens (including phenoxy) is 1. The first-order valence-corrected chi connectivity index (χ1v) is 7.06. The Balaban J connectivity index is 0.00000400. The molecule has 1 amide bonds. The molecule has 21 heavy (non-hydrogen) atoms. The third-order valence-electron chi connectivity index (χ3n) is 2.89. The van der Waals surface area contributed by atoms with Gasteiger partial charge in [0.2, 0.25) is 0 Å². The van der Waals surface area contributed by atoms with E-state index in [-0.39, 0.29) is 36.1 Å². The molecule has 0 spiro atoms. The van der Waals surface area contributed by atoms with Gasteiger partial charge in [0, 0.05) is 18.1 Å². The minimum absolute atomic E-state index is 0. The van der Waals surface area contributed by atoms with E-state index >= 15 is 0 Å². The molecule has 0 saturated heterocycles. The molecule has 1 aromatic rings. The topological polar surface area (TPSA) is 55.6 Å². The van der Waals surface area contributed by atoms with Crippen molar-refractivity contribution < 1.29 is 13.9 Å². The number of carbonyl (C=O) groups excluding carboxylic acids is 1. The lowest BCUT2D eigenvalue weighted by atomic mass is 9.93. The van der Waals surface area contributed by atoms with Crippen molar-refractivity contribution in [1.82, 2.24) is 4.90 Å². The molecule has 0 aliphatic heterocycles. The van der Waals surface area contributed by atoms with Crippen LogP contribution in [0.3, 0.4) is 0 Å². The van der Waals surface area contributed by atoms with E-state index in [0.29, 0.717) is 17.6 Å². The Bertz CT molecular complexity index is 486. The van der Waals surface area contributed by atoms with Crippen molar-refractivity contribution in [3.05, 3.63) is 28.5 Å². The molecule has 0 saturated carbocycles. The first-order valence-electron chi connectivity index (χ1n) is 6.27. The van der Waals surface area contributed by atoms with Crippen LogP contribution in [-0.4, -0.2) is 37.6 Å². The molecule has 4 nitrogen and oxygen atoms in total. The van der Waals surface area contributed by atoms with Crippen LogP contribution < -0.4 is 10.5 Å². The fourth-order valence-corrected chi connectivity index (χ4v) is 1.97. The number of nitrogens with zero attached hydrogens (tertiary/aromatic N) is 1. The Labute approximate surface area is 139 Å². The quantitative estimate of drug-likeness (QED) is 0.822. The van der Waals surface area contributed by atoms with Gasteiger partial charge in [-0.15, -0.1) is 12.4 Å². The summed E-state index contributed by atoms with van der Waals surface area (Å²) in [6.07, 6.45) is 0. The Morgan fingerprint density at radius 1 is 1.48 bits per heavy atom. The summed E-state index contributed by atoms with van der Waals surface area (Å²) in [7, 11) is 1.68. The maximum atomic E-state index is 13.5. The van der Waals surface area contributed by atoms with Crippen LogP contribution in [0.4, 0.5) is 4.39 Å². The van der Waals surface area contributed by atoms with Crippen LogP contribution in [0.5, 0.6) is 5.75 Å². The van der Waals surface area contributed by atoms with Crippen LogP contribution in [0.2, 0.25) is 0 Å². The lowest BCUT2D eigenvalue weighted by molar-refractivity contribution is -0.133. The van der Waals surface area contributed by atoms with Gasteiger partial charge in [0.25, 0.3) is 5.91 Å². The van der Waals surface area contributed by atoms with Crippen molar-refractivity contribution >= 4 is 34.2 Å². The highest BCUT2D eigenvalue weighted by Gasteiger charge is 2.21. The molecule has 7 heteroatoms. The Morgan fingerprint density at radius 3 is 2.62 bits per heavy atom. The van der Waals surface area contributed by atoms with Gasteiger partial charge in [-0.25, -0.2) is 4.39 Å². The maximum Gasteiger partial charge on any atom is 0.260 e. The average Bonchev–Trinajstić information content (AvgIpc) is 2.36. The molecule has 120 valence electrons. The highest BCUT2D eigenvalue weighted by atomic mass is 79.9. The zero-order valence-electron chi connectivity index (χ0n) is 12.4. The molecule has 0 aliphatic carbocycles. The van der Waals surface area contributed by atoms with Crippen LogP contribution in [0.25, 0.3) is 0 Å². The standard InChI is InChI=1S/C14H20BrFN2O2.ClH/c1-14(2,8-17)9-18(3)13(19)7-20-12-5-4-10(15)6-11(12)16;/h4-6H,7-9,17H2,1-3H3;1H. The first-order chi connectivity index (χ1) is 9.25. The van der Waals surface area contributed by atoms with Crippen molar-refractivity contribution in [3.8, 4) is 5.75 Å². The summed E-state index contributed by atoms with van der Waals surface area (Å²) in [5.74, 6) is -0.654. The summed E-state index contributed by atoms with van der Waals surface area (Å²) in [6.45, 7) is 4.76. The van der Waals surface area contributed by atoms with Crippen LogP contribution >= 0.6 is 28.3 Å². The highest BCUT2D eigenvalue weighted by Crippen LogP contribution is 2.21. The van der Waals surface area contributed by atoms with E-state index in [1.165, 1.54) is 12.1 Å². The number of rotatable bonds is 6.